The van der Waals surface area contributed by atoms with Gasteiger partial charge in [-0.1, -0.05) is 0 Å². The molecule has 0 radical (unpaired) electrons. The molecule has 2 rings (SSSR count). The van der Waals surface area contributed by atoms with Crippen LogP contribution in [0.3, 0.4) is 0 Å². The summed E-state index contributed by atoms with van der Waals surface area (Å²) in [6, 6.07) is 0. The summed E-state index contributed by atoms with van der Waals surface area (Å²) in [5.74, 6) is 0.511. The van der Waals surface area contributed by atoms with E-state index in [0.717, 1.165) is 0 Å². The Kier molecular flexibility index (Phi) is 3.84. The first-order chi connectivity index (χ1) is 9.38. The van der Waals surface area contributed by atoms with Crippen LogP contribution in [0.1, 0.15) is 5.82 Å². The fourth-order valence-corrected chi connectivity index (χ4v) is 1.84. The maximum Gasteiger partial charge on any atom is 0.262 e. The molecular formula is C12H18N6O2. The summed E-state index contributed by atoms with van der Waals surface area (Å²) in [6.45, 7) is 0.649. The number of amides is 1. The molecule has 0 unspecified atom stereocenters. The van der Waals surface area contributed by atoms with Gasteiger partial charge in [-0.05, 0) is 7.05 Å². The lowest BCUT2D eigenvalue weighted by Gasteiger charge is -2.18. The van der Waals surface area contributed by atoms with Crippen molar-refractivity contribution in [2.75, 3.05) is 27.7 Å². The third kappa shape index (κ3) is 2.85. The Morgan fingerprint density at radius 1 is 1.40 bits per heavy atom. The SMILES string of the molecule is CN(CC(=O)N(C)C)Cc1nc2c(cnn2C)c(=O)[nH]1. The first-order valence-electron chi connectivity index (χ1n) is 6.18. The first-order valence-corrected chi connectivity index (χ1v) is 6.18. The van der Waals surface area contributed by atoms with Crippen LogP contribution in [0.5, 0.6) is 0 Å². The van der Waals surface area contributed by atoms with E-state index in [1.807, 2.05) is 0 Å². The van der Waals surface area contributed by atoms with Crippen molar-refractivity contribution in [3.8, 4) is 0 Å². The summed E-state index contributed by atoms with van der Waals surface area (Å²) in [5, 5.41) is 4.47. The van der Waals surface area contributed by atoms with Gasteiger partial charge in [0.1, 0.15) is 11.2 Å². The molecule has 0 saturated carbocycles. The Labute approximate surface area is 116 Å². The quantitative estimate of drug-likeness (QED) is 0.789. The largest absolute Gasteiger partial charge is 0.348 e. The molecule has 20 heavy (non-hydrogen) atoms. The van der Waals surface area contributed by atoms with Gasteiger partial charge in [0.2, 0.25) is 5.91 Å². The predicted octanol–water partition coefficient (Wildman–Crippen LogP) is -0.823. The molecule has 2 aromatic rings. The van der Waals surface area contributed by atoms with E-state index in [2.05, 4.69) is 15.1 Å². The number of carbonyl (C=O) groups is 1. The van der Waals surface area contributed by atoms with E-state index in [1.54, 1.807) is 37.8 Å². The number of rotatable bonds is 4. The number of likely N-dealkylation sites (N-methyl/N-ethyl adjacent to an activating group) is 2. The van der Waals surface area contributed by atoms with E-state index >= 15 is 0 Å². The lowest BCUT2D eigenvalue weighted by atomic mass is 10.4. The highest BCUT2D eigenvalue weighted by molar-refractivity contribution is 5.77. The summed E-state index contributed by atoms with van der Waals surface area (Å²) in [6.07, 6.45) is 1.49. The molecule has 0 aliphatic rings. The second-order valence-electron chi connectivity index (χ2n) is 4.98. The van der Waals surface area contributed by atoms with E-state index in [-0.39, 0.29) is 18.0 Å². The summed E-state index contributed by atoms with van der Waals surface area (Å²) in [5.41, 5.74) is 0.321. The smallest absolute Gasteiger partial charge is 0.262 e. The lowest BCUT2D eigenvalue weighted by molar-refractivity contribution is -0.129. The molecule has 0 aliphatic carbocycles. The number of aryl methyl sites for hydroxylation is 1. The van der Waals surface area contributed by atoms with E-state index in [9.17, 15) is 9.59 Å². The van der Waals surface area contributed by atoms with Crippen LogP contribution < -0.4 is 5.56 Å². The molecule has 0 atom stereocenters. The van der Waals surface area contributed by atoms with Gasteiger partial charge in [-0.25, -0.2) is 4.98 Å². The normalized spacial score (nSPS) is 11.2. The fraction of sp³-hybridized carbons (Fsp3) is 0.500. The van der Waals surface area contributed by atoms with Crippen LogP contribution in [0.15, 0.2) is 11.0 Å². The van der Waals surface area contributed by atoms with Gasteiger partial charge in [-0.2, -0.15) is 5.10 Å². The van der Waals surface area contributed by atoms with Gasteiger partial charge in [-0.3, -0.25) is 19.2 Å². The van der Waals surface area contributed by atoms with Gasteiger partial charge in [0, 0.05) is 21.1 Å². The molecule has 108 valence electrons. The summed E-state index contributed by atoms with van der Waals surface area (Å²) >= 11 is 0. The summed E-state index contributed by atoms with van der Waals surface area (Å²) in [7, 11) is 6.95. The molecule has 1 amide bonds. The summed E-state index contributed by atoms with van der Waals surface area (Å²) in [4.78, 5) is 33.9. The Balaban J connectivity index is 2.19. The van der Waals surface area contributed by atoms with Crippen molar-refractivity contribution in [2.45, 2.75) is 6.54 Å². The second kappa shape index (κ2) is 5.41. The molecule has 0 aromatic carbocycles. The third-order valence-electron chi connectivity index (χ3n) is 2.97. The molecule has 2 aromatic heterocycles. The molecule has 0 aliphatic heterocycles. The third-order valence-corrected chi connectivity index (χ3v) is 2.97. The highest BCUT2D eigenvalue weighted by Crippen LogP contribution is 2.05. The van der Waals surface area contributed by atoms with Crippen LogP contribution >= 0.6 is 0 Å². The Hall–Kier alpha value is -2.22. The van der Waals surface area contributed by atoms with Crippen molar-refractivity contribution in [2.24, 2.45) is 7.05 Å². The molecule has 0 fully saturated rings. The van der Waals surface area contributed by atoms with Gasteiger partial charge < -0.3 is 9.88 Å². The van der Waals surface area contributed by atoms with Gasteiger partial charge >= 0.3 is 0 Å². The Morgan fingerprint density at radius 2 is 2.10 bits per heavy atom. The van der Waals surface area contributed by atoms with Crippen molar-refractivity contribution in [3.05, 3.63) is 22.4 Å². The maximum atomic E-state index is 11.9. The summed E-state index contributed by atoms with van der Waals surface area (Å²) < 4.78 is 1.55. The fourth-order valence-electron chi connectivity index (χ4n) is 1.84. The molecule has 0 saturated heterocycles. The topological polar surface area (TPSA) is 87.1 Å². The number of hydrogen-bond donors (Lipinski definition) is 1. The molecule has 1 N–H and O–H groups in total. The number of hydrogen-bond acceptors (Lipinski definition) is 5. The van der Waals surface area contributed by atoms with E-state index in [4.69, 9.17) is 0 Å². The number of nitrogens with one attached hydrogen (secondary N) is 1. The standard InChI is InChI=1S/C12H18N6O2/c1-16(2)10(19)7-17(3)6-9-14-11-8(12(20)15-9)5-13-18(11)4/h5H,6-7H2,1-4H3,(H,14,15,20). The van der Waals surface area contributed by atoms with Gasteiger partial charge in [-0.15, -0.1) is 0 Å². The van der Waals surface area contributed by atoms with E-state index < -0.39 is 0 Å². The average molecular weight is 278 g/mol. The lowest BCUT2D eigenvalue weighted by Crippen LogP contribution is -2.34. The number of nitrogens with zero attached hydrogens (tertiary/aromatic N) is 5. The number of H-pyrrole nitrogens is 1. The zero-order chi connectivity index (χ0) is 14.9. The van der Waals surface area contributed by atoms with Crippen LogP contribution in [0.4, 0.5) is 0 Å². The van der Waals surface area contributed by atoms with Crippen molar-refractivity contribution in [1.29, 1.82) is 0 Å². The van der Waals surface area contributed by atoms with E-state index in [1.165, 1.54) is 11.1 Å². The zero-order valence-corrected chi connectivity index (χ0v) is 12.0. The molecule has 8 nitrogen and oxygen atoms in total. The van der Waals surface area contributed by atoms with Crippen molar-refractivity contribution >= 4 is 16.9 Å². The van der Waals surface area contributed by atoms with E-state index in [0.29, 0.717) is 23.4 Å². The number of fused-ring (bicyclic) bond motifs is 1. The van der Waals surface area contributed by atoms with Crippen LogP contribution in [0, 0.1) is 0 Å². The minimum Gasteiger partial charge on any atom is -0.348 e. The molecule has 8 heteroatoms. The number of carbonyl (C=O) groups excluding carboxylic acids is 1. The van der Waals surface area contributed by atoms with Crippen molar-refractivity contribution < 1.29 is 4.79 Å². The predicted molar refractivity (Wildman–Crippen MR) is 74.2 cm³/mol. The van der Waals surface area contributed by atoms with Gasteiger partial charge in [0.15, 0.2) is 5.65 Å². The highest BCUT2D eigenvalue weighted by atomic mass is 16.2. The van der Waals surface area contributed by atoms with Crippen LogP contribution in [0.2, 0.25) is 0 Å². The minimum atomic E-state index is -0.217. The average Bonchev–Trinajstić information content (AvgIpc) is 2.71. The van der Waals surface area contributed by atoms with Crippen molar-refractivity contribution in [3.63, 3.8) is 0 Å². The number of aromatic amines is 1. The molecule has 0 bridgehead atoms. The Morgan fingerprint density at radius 3 is 2.75 bits per heavy atom. The van der Waals surface area contributed by atoms with Crippen LogP contribution in [-0.2, 0) is 18.4 Å². The molecular weight excluding hydrogens is 260 g/mol. The first kappa shape index (κ1) is 14.2. The van der Waals surface area contributed by atoms with Gasteiger partial charge in [0.25, 0.3) is 5.56 Å². The molecule has 0 spiro atoms. The van der Waals surface area contributed by atoms with Crippen LogP contribution in [0.25, 0.3) is 11.0 Å². The highest BCUT2D eigenvalue weighted by Gasteiger charge is 2.12. The minimum absolute atomic E-state index is 0.00328. The monoisotopic (exact) mass is 278 g/mol. The molecule has 2 heterocycles. The maximum absolute atomic E-state index is 11.9. The zero-order valence-electron chi connectivity index (χ0n) is 12.0. The second-order valence-corrected chi connectivity index (χ2v) is 4.98. The van der Waals surface area contributed by atoms with Crippen LogP contribution in [-0.4, -0.2) is 63.1 Å². The Bertz CT molecular complexity index is 687. The van der Waals surface area contributed by atoms with Gasteiger partial charge in [0.05, 0.1) is 19.3 Å². The number of aromatic nitrogens is 4. The van der Waals surface area contributed by atoms with Crippen molar-refractivity contribution in [1.82, 2.24) is 29.5 Å².